The zero-order valence-electron chi connectivity index (χ0n) is 14.4. The lowest BCUT2D eigenvalue weighted by Crippen LogP contribution is -2.53. The molecule has 1 amide bonds. The van der Waals surface area contributed by atoms with Crippen LogP contribution in [0.5, 0.6) is 5.75 Å². The Morgan fingerprint density at radius 2 is 1.82 bits per heavy atom. The van der Waals surface area contributed by atoms with Crippen molar-refractivity contribution in [3.05, 3.63) is 39.1 Å². The van der Waals surface area contributed by atoms with Gasteiger partial charge in [-0.3, -0.25) is 9.59 Å². The Balaban J connectivity index is 1.89. The van der Waals surface area contributed by atoms with Crippen LogP contribution < -0.4 is 5.32 Å². The molecule has 1 aromatic carbocycles. The number of aliphatic carboxylic acids is 1. The van der Waals surface area contributed by atoms with Crippen LogP contribution in [-0.4, -0.2) is 50.6 Å². The van der Waals surface area contributed by atoms with Crippen LogP contribution in [0.25, 0.3) is 5.69 Å². The zero-order chi connectivity index (χ0) is 20.5. The van der Waals surface area contributed by atoms with Crippen molar-refractivity contribution in [3.8, 4) is 11.4 Å². The fraction of sp³-hybridized carbons (Fsp3) is 0.353. The van der Waals surface area contributed by atoms with Crippen molar-refractivity contribution in [3.63, 3.8) is 0 Å². The third-order valence-electron chi connectivity index (χ3n) is 4.46. The average molecular weight is 449 g/mol. The highest BCUT2D eigenvalue weighted by Crippen LogP contribution is 2.32. The number of halogens is 3. The summed E-state index contributed by atoms with van der Waals surface area (Å²) < 4.78 is 6.46. The van der Waals surface area contributed by atoms with Crippen LogP contribution in [-0.2, 0) is 9.53 Å². The number of amides is 1. The molecule has 11 heteroatoms. The number of carbonyl (C=O) groups excluding carboxylic acids is 1. The number of aromatic hydroxyl groups is 1. The topological polar surface area (TPSA) is 114 Å². The van der Waals surface area contributed by atoms with Crippen molar-refractivity contribution >= 4 is 46.7 Å². The van der Waals surface area contributed by atoms with E-state index in [1.165, 1.54) is 23.0 Å². The molecule has 0 aliphatic carbocycles. The molecule has 1 aromatic heterocycles. The van der Waals surface area contributed by atoms with E-state index in [9.17, 15) is 19.8 Å². The van der Waals surface area contributed by atoms with Gasteiger partial charge in [0.2, 0.25) is 0 Å². The monoisotopic (exact) mass is 447 g/mol. The summed E-state index contributed by atoms with van der Waals surface area (Å²) in [6.07, 6.45) is 1.62. The molecule has 150 valence electrons. The fourth-order valence-corrected chi connectivity index (χ4v) is 3.66. The molecule has 0 unspecified atom stereocenters. The maximum absolute atomic E-state index is 12.7. The number of nitrogens with zero attached hydrogens (tertiary/aromatic N) is 2. The van der Waals surface area contributed by atoms with Crippen molar-refractivity contribution in [2.45, 2.75) is 24.8 Å². The summed E-state index contributed by atoms with van der Waals surface area (Å²) in [7, 11) is 0. The van der Waals surface area contributed by atoms with Crippen molar-refractivity contribution < 1.29 is 24.5 Å². The molecular weight excluding hydrogens is 433 g/mol. The van der Waals surface area contributed by atoms with E-state index in [4.69, 9.17) is 39.5 Å². The second-order valence-electron chi connectivity index (χ2n) is 6.44. The summed E-state index contributed by atoms with van der Waals surface area (Å²) in [5.41, 5.74) is -0.923. The maximum atomic E-state index is 12.7. The minimum absolute atomic E-state index is 0.218. The summed E-state index contributed by atoms with van der Waals surface area (Å²) in [5, 5.41) is 26.9. The van der Waals surface area contributed by atoms with Crippen LogP contribution in [0.3, 0.4) is 0 Å². The predicted octanol–water partition coefficient (Wildman–Crippen LogP) is 3.29. The van der Waals surface area contributed by atoms with Crippen LogP contribution in [0.1, 0.15) is 29.8 Å². The maximum Gasteiger partial charge on any atom is 0.305 e. The number of rotatable bonds is 5. The molecule has 8 nitrogen and oxygen atoms in total. The first-order valence-electron chi connectivity index (χ1n) is 8.26. The van der Waals surface area contributed by atoms with Gasteiger partial charge >= 0.3 is 5.97 Å². The standard InChI is InChI=1S/C17H16Cl3N3O5/c18-9-5-11(20)12(6-10(9)19)23-8-13(24)15(22-23)16(27)21-17(7-14(25)26)1-3-28-4-2-17/h5-6,8,24H,1-4,7H2,(H,21,27)(H,25,26). The Labute approximate surface area is 174 Å². The summed E-state index contributed by atoms with van der Waals surface area (Å²) in [6, 6.07) is 2.87. The molecule has 1 aliphatic rings. The zero-order valence-corrected chi connectivity index (χ0v) is 16.7. The number of carboxylic acid groups (broad SMARTS) is 1. The van der Waals surface area contributed by atoms with Gasteiger partial charge in [-0.2, -0.15) is 5.10 Å². The first-order valence-corrected chi connectivity index (χ1v) is 9.40. The van der Waals surface area contributed by atoms with E-state index in [0.29, 0.717) is 31.7 Å². The van der Waals surface area contributed by atoms with Crippen molar-refractivity contribution in [2.24, 2.45) is 0 Å². The van der Waals surface area contributed by atoms with Gasteiger partial charge in [0.05, 0.1) is 38.9 Å². The van der Waals surface area contributed by atoms with Crippen LogP contribution in [0, 0.1) is 0 Å². The Hall–Kier alpha value is -2.00. The molecule has 28 heavy (non-hydrogen) atoms. The number of benzene rings is 1. The molecule has 0 bridgehead atoms. The van der Waals surface area contributed by atoms with E-state index in [1.54, 1.807) is 0 Å². The van der Waals surface area contributed by atoms with Gasteiger partial charge < -0.3 is 20.3 Å². The van der Waals surface area contributed by atoms with E-state index in [1.807, 2.05) is 0 Å². The van der Waals surface area contributed by atoms with Gasteiger partial charge in [0.25, 0.3) is 5.91 Å². The van der Waals surface area contributed by atoms with Crippen molar-refractivity contribution in [1.29, 1.82) is 0 Å². The molecule has 3 N–H and O–H groups in total. The second-order valence-corrected chi connectivity index (χ2v) is 7.66. The molecular formula is C17H16Cl3N3O5. The van der Waals surface area contributed by atoms with Gasteiger partial charge in [-0.05, 0) is 25.0 Å². The highest BCUT2D eigenvalue weighted by molar-refractivity contribution is 6.43. The van der Waals surface area contributed by atoms with Crippen LogP contribution in [0.4, 0.5) is 0 Å². The predicted molar refractivity (Wildman–Crippen MR) is 103 cm³/mol. The molecule has 1 aliphatic heterocycles. The number of hydrogen-bond donors (Lipinski definition) is 3. The quantitative estimate of drug-likeness (QED) is 0.605. The third kappa shape index (κ3) is 4.35. The first kappa shape index (κ1) is 20.7. The van der Waals surface area contributed by atoms with Crippen LogP contribution in [0.2, 0.25) is 15.1 Å². The van der Waals surface area contributed by atoms with Crippen LogP contribution >= 0.6 is 34.8 Å². The number of carboxylic acids is 1. The number of hydrogen-bond acceptors (Lipinski definition) is 5. The lowest BCUT2D eigenvalue weighted by Gasteiger charge is -2.36. The van der Waals surface area contributed by atoms with Crippen LogP contribution in [0.15, 0.2) is 18.3 Å². The molecule has 1 saturated heterocycles. The van der Waals surface area contributed by atoms with Crippen molar-refractivity contribution in [2.75, 3.05) is 13.2 Å². The number of nitrogens with one attached hydrogen (secondary N) is 1. The summed E-state index contributed by atoms with van der Waals surface area (Å²) >= 11 is 18.1. The Morgan fingerprint density at radius 3 is 2.46 bits per heavy atom. The lowest BCUT2D eigenvalue weighted by atomic mass is 9.86. The second kappa shape index (κ2) is 8.16. The summed E-state index contributed by atoms with van der Waals surface area (Å²) in [4.78, 5) is 24.0. The summed E-state index contributed by atoms with van der Waals surface area (Å²) in [6.45, 7) is 0.653. The van der Waals surface area contributed by atoms with Gasteiger partial charge in [-0.15, -0.1) is 0 Å². The van der Waals surface area contributed by atoms with Gasteiger partial charge in [0.15, 0.2) is 11.4 Å². The molecule has 2 aromatic rings. The van der Waals surface area contributed by atoms with Gasteiger partial charge in [0, 0.05) is 13.2 Å². The van der Waals surface area contributed by atoms with E-state index in [-0.39, 0.29) is 27.2 Å². The van der Waals surface area contributed by atoms with E-state index in [0.717, 1.165) is 0 Å². The van der Waals surface area contributed by atoms with Gasteiger partial charge in [-0.25, -0.2) is 4.68 Å². The number of carbonyl (C=O) groups is 2. The normalized spacial score (nSPS) is 16.0. The largest absolute Gasteiger partial charge is 0.504 e. The van der Waals surface area contributed by atoms with E-state index < -0.39 is 23.2 Å². The molecule has 0 radical (unpaired) electrons. The van der Waals surface area contributed by atoms with E-state index >= 15 is 0 Å². The molecule has 3 rings (SSSR count). The SMILES string of the molecule is O=C(O)CC1(NC(=O)c2nn(-c3cc(Cl)c(Cl)cc3Cl)cc2O)CCOCC1. The number of ether oxygens (including phenoxy) is 1. The van der Waals surface area contributed by atoms with Crippen molar-refractivity contribution in [1.82, 2.24) is 15.1 Å². The Morgan fingerprint density at radius 1 is 1.18 bits per heavy atom. The minimum atomic E-state index is -1.04. The molecule has 2 heterocycles. The lowest BCUT2D eigenvalue weighted by molar-refractivity contribution is -0.139. The highest BCUT2D eigenvalue weighted by atomic mass is 35.5. The van der Waals surface area contributed by atoms with E-state index in [2.05, 4.69) is 10.4 Å². The minimum Gasteiger partial charge on any atom is -0.504 e. The smallest absolute Gasteiger partial charge is 0.305 e. The molecule has 0 spiro atoms. The van der Waals surface area contributed by atoms with Gasteiger partial charge in [0.1, 0.15) is 0 Å². The molecule has 0 atom stereocenters. The number of aromatic nitrogens is 2. The first-order chi connectivity index (χ1) is 13.2. The third-order valence-corrected chi connectivity index (χ3v) is 5.49. The average Bonchev–Trinajstić information content (AvgIpc) is 2.99. The fourth-order valence-electron chi connectivity index (χ4n) is 3.04. The highest BCUT2D eigenvalue weighted by Gasteiger charge is 2.37. The Kier molecular flexibility index (Phi) is 6.04. The molecule has 0 saturated carbocycles. The Bertz CT molecular complexity index is 925. The van der Waals surface area contributed by atoms with Gasteiger partial charge in [-0.1, -0.05) is 34.8 Å². The summed E-state index contributed by atoms with van der Waals surface area (Å²) in [5.74, 6) is -2.13. The molecule has 1 fully saturated rings.